The van der Waals surface area contributed by atoms with Crippen LogP contribution in [0.4, 0.5) is 0 Å². The molecule has 3 rings (SSSR count). The summed E-state index contributed by atoms with van der Waals surface area (Å²) in [5.74, 6) is 1.37. The van der Waals surface area contributed by atoms with Gasteiger partial charge < -0.3 is 9.47 Å². The molecule has 0 N–H and O–H groups in total. The summed E-state index contributed by atoms with van der Waals surface area (Å²) in [4.78, 5) is 18.7. The first-order chi connectivity index (χ1) is 11.6. The van der Waals surface area contributed by atoms with E-state index in [1.165, 1.54) is 18.2 Å². The van der Waals surface area contributed by atoms with Gasteiger partial charge in [-0.1, -0.05) is 11.8 Å². The predicted molar refractivity (Wildman–Crippen MR) is 94.6 cm³/mol. The van der Waals surface area contributed by atoms with Gasteiger partial charge in [0.1, 0.15) is 0 Å². The van der Waals surface area contributed by atoms with Gasteiger partial charge in [0.2, 0.25) is 5.91 Å². The molecule has 0 aromatic carbocycles. The molecule has 0 aliphatic carbocycles. The second-order valence-corrected chi connectivity index (χ2v) is 7.26. The van der Waals surface area contributed by atoms with E-state index in [1.54, 1.807) is 12.4 Å². The smallest absolute Gasteiger partial charge is 0.233 e. The Morgan fingerprint density at radius 3 is 2.54 bits per heavy atom. The Morgan fingerprint density at radius 2 is 1.88 bits per heavy atom. The van der Waals surface area contributed by atoms with Gasteiger partial charge in [0.15, 0.2) is 11.0 Å². The van der Waals surface area contributed by atoms with Crippen molar-refractivity contribution >= 4 is 17.7 Å². The maximum absolute atomic E-state index is 12.6. The van der Waals surface area contributed by atoms with Crippen molar-refractivity contribution < 1.29 is 4.79 Å². The van der Waals surface area contributed by atoms with Crippen molar-refractivity contribution in [1.82, 2.24) is 24.6 Å². The molecule has 0 radical (unpaired) electrons. The normalized spacial score (nSPS) is 21.0. The van der Waals surface area contributed by atoms with E-state index >= 15 is 0 Å². The molecule has 1 amide bonds. The maximum atomic E-state index is 12.6. The molecule has 3 heterocycles. The Morgan fingerprint density at radius 1 is 1.21 bits per heavy atom. The molecule has 1 fully saturated rings. The Hall–Kier alpha value is -1.89. The number of likely N-dealkylation sites (tertiary alicyclic amines) is 1. The molecule has 2 atom stereocenters. The van der Waals surface area contributed by atoms with Crippen LogP contribution in [0.15, 0.2) is 29.7 Å². The van der Waals surface area contributed by atoms with Gasteiger partial charge in [-0.3, -0.25) is 9.78 Å². The highest BCUT2D eigenvalue weighted by Gasteiger charge is 2.29. The summed E-state index contributed by atoms with van der Waals surface area (Å²) < 4.78 is 1.93. The number of aromatic nitrogens is 4. The lowest BCUT2D eigenvalue weighted by molar-refractivity contribution is -0.134. The van der Waals surface area contributed by atoms with E-state index in [-0.39, 0.29) is 5.91 Å². The average Bonchev–Trinajstić information content (AvgIpc) is 2.94. The number of rotatable bonds is 4. The second-order valence-electron chi connectivity index (χ2n) is 6.32. The summed E-state index contributed by atoms with van der Waals surface area (Å²) in [5.41, 5.74) is 0.969. The van der Waals surface area contributed by atoms with Crippen LogP contribution >= 0.6 is 11.8 Å². The Kier molecular flexibility index (Phi) is 5.18. The van der Waals surface area contributed by atoms with Crippen LogP contribution in [0.25, 0.3) is 11.4 Å². The van der Waals surface area contributed by atoms with Crippen LogP contribution in [0.1, 0.15) is 33.1 Å². The fraction of sp³-hybridized carbons (Fsp3) is 0.529. The van der Waals surface area contributed by atoms with Gasteiger partial charge >= 0.3 is 0 Å². The highest BCUT2D eigenvalue weighted by atomic mass is 32.2. The maximum Gasteiger partial charge on any atom is 0.233 e. The van der Waals surface area contributed by atoms with Gasteiger partial charge in [-0.2, -0.15) is 0 Å². The van der Waals surface area contributed by atoms with Crippen LogP contribution in [0, 0.1) is 0 Å². The topological polar surface area (TPSA) is 63.9 Å². The molecule has 128 valence electrons. The van der Waals surface area contributed by atoms with Gasteiger partial charge in [-0.15, -0.1) is 10.2 Å². The number of carbonyl (C=O) groups excluding carboxylic acids is 1. The number of thioether (sulfide) groups is 1. The van der Waals surface area contributed by atoms with Crippen molar-refractivity contribution in [3.05, 3.63) is 24.5 Å². The molecule has 1 saturated heterocycles. The molecule has 0 bridgehead atoms. The first-order valence-corrected chi connectivity index (χ1v) is 9.30. The largest absolute Gasteiger partial charge is 0.337 e. The molecular weight excluding hydrogens is 322 g/mol. The fourth-order valence-corrected chi connectivity index (χ4v) is 4.09. The third-order valence-corrected chi connectivity index (χ3v) is 5.58. The number of amides is 1. The molecule has 0 saturated carbocycles. The highest BCUT2D eigenvalue weighted by molar-refractivity contribution is 7.99. The van der Waals surface area contributed by atoms with E-state index in [1.807, 2.05) is 28.6 Å². The van der Waals surface area contributed by atoms with Crippen LogP contribution in [-0.4, -0.2) is 48.4 Å². The summed E-state index contributed by atoms with van der Waals surface area (Å²) in [7, 11) is 1.93. The Labute approximate surface area is 146 Å². The number of hydrogen-bond donors (Lipinski definition) is 0. The first kappa shape index (κ1) is 17.0. The molecule has 2 unspecified atom stereocenters. The quantitative estimate of drug-likeness (QED) is 0.797. The van der Waals surface area contributed by atoms with E-state index in [2.05, 4.69) is 29.0 Å². The predicted octanol–water partition coefficient (Wildman–Crippen LogP) is 2.76. The molecule has 6 nitrogen and oxygen atoms in total. The average molecular weight is 345 g/mol. The number of nitrogens with zero attached hydrogens (tertiary/aromatic N) is 5. The monoisotopic (exact) mass is 345 g/mol. The van der Waals surface area contributed by atoms with Crippen molar-refractivity contribution in [3.63, 3.8) is 0 Å². The number of hydrogen-bond acceptors (Lipinski definition) is 5. The minimum atomic E-state index is 0.188. The van der Waals surface area contributed by atoms with Gasteiger partial charge in [-0.25, -0.2) is 0 Å². The SMILES string of the molecule is CC1CCCC(C)N1C(=O)CSc1nnc(-c2ccncc2)n1C. The minimum Gasteiger partial charge on any atom is -0.337 e. The van der Waals surface area contributed by atoms with Crippen molar-refractivity contribution in [1.29, 1.82) is 0 Å². The molecule has 2 aromatic rings. The summed E-state index contributed by atoms with van der Waals surface area (Å²) >= 11 is 1.45. The summed E-state index contributed by atoms with van der Waals surface area (Å²) in [6.07, 6.45) is 6.87. The van der Waals surface area contributed by atoms with E-state index < -0.39 is 0 Å². The zero-order valence-electron chi connectivity index (χ0n) is 14.3. The van der Waals surface area contributed by atoms with Gasteiger partial charge in [-0.05, 0) is 45.2 Å². The summed E-state index contributed by atoms with van der Waals surface area (Å²) in [6, 6.07) is 4.46. The first-order valence-electron chi connectivity index (χ1n) is 8.31. The molecular formula is C17H23N5OS. The van der Waals surface area contributed by atoms with Crippen LogP contribution in [-0.2, 0) is 11.8 Å². The van der Waals surface area contributed by atoms with Crippen molar-refractivity contribution in [2.75, 3.05) is 5.75 Å². The third kappa shape index (κ3) is 3.45. The molecule has 7 heteroatoms. The zero-order chi connectivity index (χ0) is 17.1. The minimum absolute atomic E-state index is 0.188. The number of pyridine rings is 1. The van der Waals surface area contributed by atoms with Crippen LogP contribution in [0.3, 0.4) is 0 Å². The van der Waals surface area contributed by atoms with Crippen molar-refractivity contribution in [3.8, 4) is 11.4 Å². The van der Waals surface area contributed by atoms with Gasteiger partial charge in [0.05, 0.1) is 5.75 Å². The lowest BCUT2D eigenvalue weighted by Crippen LogP contribution is -2.48. The van der Waals surface area contributed by atoms with Gasteiger partial charge in [0.25, 0.3) is 0 Å². The summed E-state index contributed by atoms with van der Waals surface area (Å²) in [6.45, 7) is 4.28. The standard InChI is InChI=1S/C17H23N5OS/c1-12-5-4-6-13(2)22(12)15(23)11-24-17-20-19-16(21(17)3)14-7-9-18-10-8-14/h7-10,12-13H,4-6,11H2,1-3H3. The highest BCUT2D eigenvalue weighted by Crippen LogP contribution is 2.26. The summed E-state index contributed by atoms with van der Waals surface area (Å²) in [5, 5.41) is 9.23. The van der Waals surface area contributed by atoms with E-state index in [4.69, 9.17) is 0 Å². The van der Waals surface area contributed by atoms with E-state index in [9.17, 15) is 4.79 Å². The Bertz CT molecular complexity index is 692. The molecule has 1 aliphatic heterocycles. The third-order valence-electron chi connectivity index (χ3n) is 4.58. The van der Waals surface area contributed by atoms with E-state index in [0.717, 1.165) is 29.4 Å². The molecule has 0 spiro atoms. The zero-order valence-corrected chi connectivity index (χ0v) is 15.2. The van der Waals surface area contributed by atoms with Crippen LogP contribution < -0.4 is 0 Å². The van der Waals surface area contributed by atoms with Gasteiger partial charge in [0, 0.05) is 37.1 Å². The van der Waals surface area contributed by atoms with Crippen molar-refractivity contribution in [2.45, 2.75) is 50.4 Å². The Balaban J connectivity index is 1.67. The van der Waals surface area contributed by atoms with E-state index in [0.29, 0.717) is 17.8 Å². The molecule has 24 heavy (non-hydrogen) atoms. The fourth-order valence-electron chi connectivity index (χ4n) is 3.31. The molecule has 2 aromatic heterocycles. The number of piperidine rings is 1. The molecule has 1 aliphatic rings. The van der Waals surface area contributed by atoms with Crippen LogP contribution in [0.2, 0.25) is 0 Å². The number of carbonyl (C=O) groups is 1. The van der Waals surface area contributed by atoms with Crippen molar-refractivity contribution in [2.24, 2.45) is 7.05 Å². The van der Waals surface area contributed by atoms with Crippen LogP contribution in [0.5, 0.6) is 0 Å². The lowest BCUT2D eigenvalue weighted by atomic mass is 9.98. The second kappa shape index (κ2) is 7.34. The lowest BCUT2D eigenvalue weighted by Gasteiger charge is -2.39.